The van der Waals surface area contributed by atoms with Crippen LogP contribution in [0.25, 0.3) is 0 Å². The number of halogens is 1. The van der Waals surface area contributed by atoms with E-state index < -0.39 is 0 Å². The third kappa shape index (κ3) is 2.46. The fourth-order valence-electron chi connectivity index (χ4n) is 1.93. The van der Waals surface area contributed by atoms with Gasteiger partial charge in [-0.25, -0.2) is 0 Å². The van der Waals surface area contributed by atoms with Crippen molar-refractivity contribution in [1.82, 2.24) is 0 Å². The molecule has 0 bridgehead atoms. The van der Waals surface area contributed by atoms with E-state index in [-0.39, 0.29) is 27.9 Å². The normalized spacial score (nSPS) is 23.0. The third-order valence-corrected chi connectivity index (χ3v) is 3.24. The lowest BCUT2D eigenvalue weighted by atomic mass is 9.66. The van der Waals surface area contributed by atoms with Crippen LogP contribution in [0.4, 0.5) is 0 Å². The summed E-state index contributed by atoms with van der Waals surface area (Å²) in [7, 11) is 0. The van der Waals surface area contributed by atoms with Crippen molar-refractivity contribution in [3.63, 3.8) is 0 Å². The van der Waals surface area contributed by atoms with Crippen molar-refractivity contribution < 1.29 is 0 Å². The van der Waals surface area contributed by atoms with Crippen molar-refractivity contribution >= 4 is 17.0 Å². The topological polar surface area (TPSA) is 26.0 Å². The van der Waals surface area contributed by atoms with E-state index in [2.05, 4.69) is 20.8 Å². The molecule has 0 saturated heterocycles. The lowest BCUT2D eigenvalue weighted by Gasteiger charge is -2.44. The van der Waals surface area contributed by atoms with Gasteiger partial charge >= 0.3 is 0 Å². The van der Waals surface area contributed by atoms with Gasteiger partial charge in [-0.3, -0.25) is 0 Å². The smallest absolute Gasteiger partial charge is 0.0203 e. The minimum Gasteiger partial charge on any atom is -0.325 e. The van der Waals surface area contributed by atoms with Gasteiger partial charge in [-0.05, 0) is 18.3 Å². The van der Waals surface area contributed by atoms with Crippen LogP contribution < -0.4 is 5.73 Å². The van der Waals surface area contributed by atoms with Crippen LogP contribution >= 0.6 is 17.0 Å². The molecule has 0 atom stereocenters. The number of nitrogens with two attached hydrogens (primary N) is 1. The highest BCUT2D eigenvalue weighted by molar-refractivity contribution is 8.93. The molecule has 1 nitrogen and oxygen atoms in total. The average Bonchev–Trinajstić information content (AvgIpc) is 1.87. The van der Waals surface area contributed by atoms with Crippen molar-refractivity contribution in [2.24, 2.45) is 11.1 Å². The van der Waals surface area contributed by atoms with E-state index >= 15 is 0 Å². The Morgan fingerprint density at radius 3 is 1.67 bits per heavy atom. The second kappa shape index (κ2) is 4.10. The molecule has 0 aromatic heterocycles. The molecule has 74 valence electrons. The summed E-state index contributed by atoms with van der Waals surface area (Å²) in [5, 5.41) is 0. The molecule has 2 N–H and O–H groups in total. The number of hydrogen-bond donors (Lipinski definition) is 1. The summed E-state index contributed by atoms with van der Waals surface area (Å²) in [4.78, 5) is 0. The Morgan fingerprint density at radius 1 is 1.00 bits per heavy atom. The van der Waals surface area contributed by atoms with Gasteiger partial charge in [-0.1, -0.05) is 40.0 Å². The summed E-state index contributed by atoms with van der Waals surface area (Å²) in [6.45, 7) is 6.79. The van der Waals surface area contributed by atoms with E-state index in [1.807, 2.05) is 0 Å². The first-order valence-corrected chi connectivity index (χ1v) is 4.75. The number of hydrogen-bond acceptors (Lipinski definition) is 1. The zero-order valence-corrected chi connectivity index (χ0v) is 10.2. The third-order valence-electron chi connectivity index (χ3n) is 3.24. The molecule has 0 aromatic rings. The van der Waals surface area contributed by atoms with E-state index in [4.69, 9.17) is 5.73 Å². The van der Waals surface area contributed by atoms with Gasteiger partial charge in [0.05, 0.1) is 0 Å². The van der Waals surface area contributed by atoms with Crippen molar-refractivity contribution in [2.75, 3.05) is 0 Å². The van der Waals surface area contributed by atoms with Crippen LogP contribution in [0.3, 0.4) is 0 Å². The molecular formula is C10H22BrN. The van der Waals surface area contributed by atoms with E-state index in [9.17, 15) is 0 Å². The van der Waals surface area contributed by atoms with Gasteiger partial charge in [-0.2, -0.15) is 0 Å². The summed E-state index contributed by atoms with van der Waals surface area (Å²) in [5.74, 6) is 0. The van der Waals surface area contributed by atoms with E-state index in [0.29, 0.717) is 0 Å². The Morgan fingerprint density at radius 2 is 1.42 bits per heavy atom. The predicted molar refractivity (Wildman–Crippen MR) is 59.8 cm³/mol. The Hall–Kier alpha value is 0.440. The molecule has 1 saturated carbocycles. The molecule has 0 aliphatic heterocycles. The quantitative estimate of drug-likeness (QED) is 0.686. The largest absolute Gasteiger partial charge is 0.325 e. The Bertz CT molecular complexity index is 131. The Balaban J connectivity index is 0.00000121. The summed E-state index contributed by atoms with van der Waals surface area (Å²) in [6.07, 6.45) is 6.48. The molecule has 0 unspecified atom stereocenters. The molecule has 0 heterocycles. The summed E-state index contributed by atoms with van der Waals surface area (Å²) >= 11 is 0. The summed E-state index contributed by atoms with van der Waals surface area (Å²) in [6, 6.07) is 0. The average molecular weight is 236 g/mol. The van der Waals surface area contributed by atoms with Crippen molar-refractivity contribution in [3.05, 3.63) is 0 Å². The van der Waals surface area contributed by atoms with E-state index in [0.717, 1.165) is 0 Å². The van der Waals surface area contributed by atoms with Gasteiger partial charge in [0.15, 0.2) is 0 Å². The highest BCUT2D eigenvalue weighted by Gasteiger charge is 2.38. The van der Waals surface area contributed by atoms with E-state index in [1.54, 1.807) is 0 Å². The van der Waals surface area contributed by atoms with Gasteiger partial charge < -0.3 is 5.73 Å². The standard InChI is InChI=1S/C10H21N.BrH/c1-9(2,3)10(11)7-5-4-6-8-10;/h4-8,11H2,1-3H3;1H. The molecular weight excluding hydrogens is 214 g/mol. The summed E-state index contributed by atoms with van der Waals surface area (Å²) < 4.78 is 0. The maximum Gasteiger partial charge on any atom is 0.0203 e. The number of rotatable bonds is 0. The van der Waals surface area contributed by atoms with Gasteiger partial charge in [0.25, 0.3) is 0 Å². The molecule has 1 aliphatic rings. The molecule has 0 amide bonds. The first-order valence-electron chi connectivity index (χ1n) is 4.75. The molecule has 2 heteroatoms. The maximum atomic E-state index is 6.34. The van der Waals surface area contributed by atoms with Crippen LogP contribution in [0.2, 0.25) is 0 Å². The molecule has 1 fully saturated rings. The SMILES string of the molecule is Br.CC(C)(C)C1(N)CCCCC1. The van der Waals surface area contributed by atoms with Crippen LogP contribution in [-0.2, 0) is 0 Å². The van der Waals surface area contributed by atoms with Crippen LogP contribution in [0.5, 0.6) is 0 Å². The van der Waals surface area contributed by atoms with Crippen LogP contribution in [0.1, 0.15) is 52.9 Å². The second-order valence-corrected chi connectivity index (χ2v) is 4.97. The van der Waals surface area contributed by atoms with Gasteiger partial charge in [0.2, 0.25) is 0 Å². The van der Waals surface area contributed by atoms with Gasteiger partial charge in [0.1, 0.15) is 0 Å². The maximum absolute atomic E-state index is 6.34. The predicted octanol–water partition coefficient (Wildman–Crippen LogP) is 3.27. The first kappa shape index (κ1) is 12.4. The monoisotopic (exact) mass is 235 g/mol. The fourth-order valence-corrected chi connectivity index (χ4v) is 1.93. The van der Waals surface area contributed by atoms with Crippen LogP contribution in [0, 0.1) is 5.41 Å². The molecule has 12 heavy (non-hydrogen) atoms. The van der Waals surface area contributed by atoms with Crippen LogP contribution in [0.15, 0.2) is 0 Å². The van der Waals surface area contributed by atoms with Crippen molar-refractivity contribution in [1.29, 1.82) is 0 Å². The zero-order valence-electron chi connectivity index (χ0n) is 8.52. The lowest BCUT2D eigenvalue weighted by Crippen LogP contribution is -2.52. The summed E-state index contributed by atoms with van der Waals surface area (Å²) in [5.41, 5.74) is 6.74. The molecule has 0 aromatic carbocycles. The first-order chi connectivity index (χ1) is 4.96. The Kier molecular flexibility index (Phi) is 4.25. The molecule has 0 spiro atoms. The second-order valence-electron chi connectivity index (χ2n) is 4.97. The van der Waals surface area contributed by atoms with Crippen molar-refractivity contribution in [2.45, 2.75) is 58.4 Å². The fraction of sp³-hybridized carbons (Fsp3) is 1.00. The highest BCUT2D eigenvalue weighted by Crippen LogP contribution is 2.39. The minimum absolute atomic E-state index is 0. The lowest BCUT2D eigenvalue weighted by molar-refractivity contribution is 0.133. The highest BCUT2D eigenvalue weighted by atomic mass is 79.9. The van der Waals surface area contributed by atoms with E-state index in [1.165, 1.54) is 32.1 Å². The van der Waals surface area contributed by atoms with Crippen LogP contribution in [-0.4, -0.2) is 5.54 Å². The van der Waals surface area contributed by atoms with Gasteiger partial charge in [0, 0.05) is 5.54 Å². The minimum atomic E-state index is 0. The van der Waals surface area contributed by atoms with Gasteiger partial charge in [-0.15, -0.1) is 17.0 Å². The van der Waals surface area contributed by atoms with Crippen molar-refractivity contribution in [3.8, 4) is 0 Å². The zero-order chi connectivity index (χ0) is 8.54. The molecule has 1 rings (SSSR count). The molecule has 1 aliphatic carbocycles. The Labute approximate surface area is 86.9 Å². The molecule has 0 radical (unpaired) electrons.